The van der Waals surface area contributed by atoms with E-state index >= 15 is 0 Å². The Morgan fingerprint density at radius 2 is 0.538 bits per heavy atom. The van der Waals surface area contributed by atoms with Gasteiger partial charge in [-0.25, -0.2) is 0 Å². The van der Waals surface area contributed by atoms with Crippen LogP contribution >= 0.6 is 0 Å². The minimum absolute atomic E-state index is 0. The van der Waals surface area contributed by atoms with Crippen molar-refractivity contribution in [2.45, 2.75) is 0 Å². The van der Waals surface area contributed by atoms with E-state index in [-0.39, 0.29) is 8.41 Å². The van der Waals surface area contributed by atoms with Gasteiger partial charge in [0.05, 0.1) is 8.41 Å². The van der Waals surface area contributed by atoms with E-state index in [0.29, 0.717) is 0 Å². The minimum atomic E-state index is -3.79. The van der Waals surface area contributed by atoms with Crippen LogP contribution in [0, 0.1) is 0 Å². The maximum absolute atomic E-state index is 8.84. The van der Waals surface area contributed by atoms with Gasteiger partial charge in [0, 0.05) is 0 Å². The van der Waals surface area contributed by atoms with Crippen LogP contribution in [0.2, 0.25) is 0 Å². The Bertz CT molecular complexity index is 112. The fourth-order valence-corrected chi connectivity index (χ4v) is 0. The summed E-state index contributed by atoms with van der Waals surface area (Å²) >= 11 is -11.4. The molecule has 0 aromatic rings. The van der Waals surface area contributed by atoms with E-state index in [4.69, 9.17) is 29.9 Å². The van der Waals surface area contributed by atoms with Gasteiger partial charge in [0.25, 0.3) is 0 Å². The molecule has 0 rings (SSSR count). The standard InChI is InChI=1S/BH3.6H2O.3O.3Sn/h1H3;6*1H2;;;;;;/q;;;;;;;;;;3*+2/p-6. The third-order valence-electron chi connectivity index (χ3n) is 0. The van der Waals surface area contributed by atoms with E-state index in [1.165, 1.54) is 0 Å². The molecule has 0 aromatic heterocycles. The molecule has 0 heterocycles. The first kappa shape index (κ1) is 24.0. The Hall–Kier alpha value is 1.62. The summed E-state index contributed by atoms with van der Waals surface area (Å²) in [6.07, 6.45) is 0. The van der Waals surface area contributed by atoms with Crippen LogP contribution < -0.4 is 0 Å². The molecule has 0 unspecified atom stereocenters. The van der Waals surface area contributed by atoms with Gasteiger partial charge in [-0.15, -0.1) is 0 Å². The molecule has 13 heavy (non-hydrogen) atoms. The summed E-state index contributed by atoms with van der Waals surface area (Å²) in [7, 11) is 0. The quantitative estimate of drug-likeness (QED) is 0.170. The van der Waals surface area contributed by atoms with Gasteiger partial charge in [0.2, 0.25) is 0 Å². The van der Waals surface area contributed by atoms with Crippen molar-refractivity contribution in [3.63, 3.8) is 0 Å². The van der Waals surface area contributed by atoms with Crippen molar-refractivity contribution in [3.8, 4) is 0 Å². The Balaban J connectivity index is -0.0000000450. The zero-order chi connectivity index (χ0) is 10.7. The molecule has 0 atom stereocenters. The number of hydrogen-bond donors (Lipinski definition) is 6. The average Bonchev–Trinajstić information content (AvgIpc) is 1.54. The van der Waals surface area contributed by atoms with Crippen molar-refractivity contribution in [1.82, 2.24) is 0 Å². The first-order chi connectivity index (χ1) is 5.20. The molecule has 0 spiro atoms. The summed E-state index contributed by atoms with van der Waals surface area (Å²) in [4.78, 5) is 0. The van der Waals surface area contributed by atoms with Crippen LogP contribution in [-0.2, 0) is 9.23 Å². The number of hydrogen-bond acceptors (Lipinski definition) is 3. The van der Waals surface area contributed by atoms with Gasteiger partial charge in [-0.2, -0.15) is 0 Å². The van der Waals surface area contributed by atoms with Gasteiger partial charge in [-0.05, 0) is 0 Å². The van der Waals surface area contributed by atoms with Crippen LogP contribution in [-0.4, -0.2) is 90.8 Å². The van der Waals surface area contributed by atoms with Crippen LogP contribution in [0.4, 0.5) is 0 Å². The molecular weight excluding hydrogens is 511 g/mol. The van der Waals surface area contributed by atoms with Crippen molar-refractivity contribution in [2.24, 2.45) is 0 Å². The van der Waals surface area contributed by atoms with Crippen molar-refractivity contribution < 1.29 is 29.9 Å². The molecule has 0 saturated heterocycles. The predicted molar refractivity (Wildman–Crippen MR) is 42.6 cm³/mol. The zero-order valence-corrected chi connectivity index (χ0v) is 14.0. The SMILES string of the molecule is B.[O]=[Sn]([OH])[OH].[O]=[Sn]([OH])[OH].[O]=[Sn]([OH])[OH]. The molecular formula is H9BO9Sn3. The van der Waals surface area contributed by atoms with Gasteiger partial charge in [0.15, 0.2) is 0 Å². The topological polar surface area (TPSA) is 173 Å². The molecule has 0 amide bonds. The third-order valence-corrected chi connectivity index (χ3v) is 0. The van der Waals surface area contributed by atoms with Crippen molar-refractivity contribution in [2.75, 3.05) is 0 Å². The van der Waals surface area contributed by atoms with Crippen LogP contribution in [0.1, 0.15) is 0 Å². The molecule has 0 radical (unpaired) electrons. The van der Waals surface area contributed by atoms with E-state index < -0.39 is 61.7 Å². The zero-order valence-electron chi connectivity index (χ0n) is 5.41. The van der Waals surface area contributed by atoms with Gasteiger partial charge < -0.3 is 0 Å². The van der Waals surface area contributed by atoms with Crippen LogP contribution in [0.5, 0.6) is 0 Å². The van der Waals surface area contributed by atoms with E-state index in [0.717, 1.165) is 0 Å². The monoisotopic (exact) mass is 524 g/mol. The molecule has 13 heteroatoms. The molecule has 78 valence electrons. The summed E-state index contributed by atoms with van der Waals surface area (Å²) in [5, 5.41) is 0. The summed E-state index contributed by atoms with van der Waals surface area (Å²) < 4.78 is 70.0. The molecule has 0 aliphatic carbocycles. The van der Waals surface area contributed by atoms with Crippen LogP contribution in [0.25, 0.3) is 0 Å². The average molecular weight is 520 g/mol. The van der Waals surface area contributed by atoms with Crippen molar-refractivity contribution in [1.29, 1.82) is 0 Å². The Kier molecular flexibility index (Phi) is 35.6. The van der Waals surface area contributed by atoms with E-state index in [1.807, 2.05) is 0 Å². The fraction of sp³-hybridized carbons (Fsp3) is 0. The summed E-state index contributed by atoms with van der Waals surface area (Å²) in [5.41, 5.74) is 0. The van der Waals surface area contributed by atoms with E-state index in [2.05, 4.69) is 0 Å². The molecule has 9 nitrogen and oxygen atoms in total. The summed E-state index contributed by atoms with van der Waals surface area (Å²) in [6.45, 7) is 0. The second-order valence-electron chi connectivity index (χ2n) is 0.848. The van der Waals surface area contributed by atoms with Crippen LogP contribution in [0.15, 0.2) is 0 Å². The Morgan fingerprint density at radius 1 is 0.538 bits per heavy atom. The predicted octanol–water partition coefficient (Wildman–Crippen LogP) is -6.02. The maximum atomic E-state index is 8.84. The first-order valence-corrected chi connectivity index (χ1v) is 13.1. The summed E-state index contributed by atoms with van der Waals surface area (Å²) in [5.74, 6) is 0. The van der Waals surface area contributed by atoms with Gasteiger partial charge in [0.1, 0.15) is 0 Å². The molecule has 0 aliphatic rings. The summed E-state index contributed by atoms with van der Waals surface area (Å²) in [6, 6.07) is 0. The molecule has 0 aliphatic heterocycles. The third kappa shape index (κ3) is 700. The normalized spacial score (nSPS) is 6.00. The Morgan fingerprint density at radius 3 is 0.538 bits per heavy atom. The second kappa shape index (κ2) is 19.2. The molecule has 0 bridgehead atoms. The molecule has 0 fully saturated rings. The molecule has 0 aromatic carbocycles. The van der Waals surface area contributed by atoms with E-state index in [9.17, 15) is 0 Å². The van der Waals surface area contributed by atoms with Crippen LogP contribution in [0.3, 0.4) is 0 Å². The Labute approximate surface area is 98.9 Å². The van der Waals surface area contributed by atoms with Gasteiger partial charge >= 0.3 is 91.6 Å². The fourth-order valence-electron chi connectivity index (χ4n) is 0. The first-order valence-electron chi connectivity index (χ1n) is 1.95. The number of rotatable bonds is 0. The molecule has 0 saturated carbocycles. The van der Waals surface area contributed by atoms with Gasteiger partial charge in [-0.1, -0.05) is 0 Å². The van der Waals surface area contributed by atoms with Crippen molar-refractivity contribution >= 4 is 70.1 Å². The second-order valence-corrected chi connectivity index (χ2v) is 5.69. The van der Waals surface area contributed by atoms with E-state index in [1.54, 1.807) is 0 Å². The van der Waals surface area contributed by atoms with Gasteiger partial charge in [-0.3, -0.25) is 0 Å². The molecule has 6 N–H and O–H groups in total. The van der Waals surface area contributed by atoms with Crippen molar-refractivity contribution in [3.05, 3.63) is 0 Å².